The Balaban J connectivity index is 2.12. The Morgan fingerprint density at radius 3 is 1.48 bits per heavy atom. The fourth-order valence-corrected chi connectivity index (χ4v) is 5.05. The lowest BCUT2D eigenvalue weighted by Gasteiger charge is -2.35. The molecule has 0 spiro atoms. The predicted molar refractivity (Wildman–Crippen MR) is 122 cm³/mol. The van der Waals surface area contributed by atoms with E-state index in [1.165, 1.54) is 36.8 Å². The minimum Gasteiger partial charge on any atom is -0.508 e. The lowest BCUT2D eigenvalue weighted by atomic mass is 9.68. The van der Waals surface area contributed by atoms with Crippen molar-refractivity contribution in [1.82, 2.24) is 0 Å². The molecule has 3 rings (SSSR count). The maximum atomic E-state index is 10.4. The van der Waals surface area contributed by atoms with Crippen molar-refractivity contribution in [3.05, 3.63) is 58.7 Å². The number of phenols is 2. The van der Waals surface area contributed by atoms with Crippen LogP contribution in [0.2, 0.25) is 0 Å². The topological polar surface area (TPSA) is 40.5 Å². The second kappa shape index (κ2) is 9.24. The van der Waals surface area contributed by atoms with Crippen molar-refractivity contribution in [1.29, 1.82) is 0 Å². The van der Waals surface area contributed by atoms with E-state index in [-0.39, 0.29) is 5.41 Å². The second-order valence-electron chi connectivity index (χ2n) is 9.88. The molecule has 2 aromatic rings. The smallest absolute Gasteiger partial charge is 0.118 e. The van der Waals surface area contributed by atoms with E-state index >= 15 is 0 Å². The van der Waals surface area contributed by atoms with E-state index in [0.29, 0.717) is 23.3 Å². The van der Waals surface area contributed by atoms with Crippen LogP contribution in [0.4, 0.5) is 0 Å². The first-order chi connectivity index (χ1) is 13.8. The monoisotopic (exact) mass is 394 g/mol. The first-order valence-electron chi connectivity index (χ1n) is 11.5. The normalized spacial score (nSPS) is 16.9. The van der Waals surface area contributed by atoms with Gasteiger partial charge in [-0.15, -0.1) is 0 Å². The van der Waals surface area contributed by atoms with Crippen LogP contribution in [0.1, 0.15) is 88.5 Å². The first kappa shape index (κ1) is 21.7. The Kier molecular flexibility index (Phi) is 6.93. The Bertz CT molecular complexity index is 750. The molecule has 158 valence electrons. The highest BCUT2D eigenvalue weighted by Gasteiger charge is 2.35. The number of hydrogen-bond acceptors (Lipinski definition) is 2. The third-order valence-electron chi connectivity index (χ3n) is 6.48. The summed E-state index contributed by atoms with van der Waals surface area (Å²) >= 11 is 0. The van der Waals surface area contributed by atoms with Crippen LogP contribution in [-0.4, -0.2) is 10.2 Å². The van der Waals surface area contributed by atoms with Gasteiger partial charge in [-0.25, -0.2) is 0 Å². The van der Waals surface area contributed by atoms with E-state index in [1.54, 1.807) is 0 Å². The van der Waals surface area contributed by atoms with Crippen molar-refractivity contribution < 1.29 is 10.2 Å². The van der Waals surface area contributed by atoms with Crippen LogP contribution < -0.4 is 0 Å². The molecule has 1 aliphatic rings. The summed E-state index contributed by atoms with van der Waals surface area (Å²) in [6.07, 6.45) is 9.07. The molecule has 0 heterocycles. The first-order valence-corrected chi connectivity index (χ1v) is 11.5. The molecule has 0 amide bonds. The molecular weight excluding hydrogens is 356 g/mol. The maximum Gasteiger partial charge on any atom is 0.118 e. The Labute approximate surface area is 177 Å². The van der Waals surface area contributed by atoms with Crippen molar-refractivity contribution in [3.63, 3.8) is 0 Å². The van der Waals surface area contributed by atoms with Crippen molar-refractivity contribution in [2.45, 2.75) is 84.5 Å². The van der Waals surface area contributed by atoms with Crippen LogP contribution in [0.5, 0.6) is 11.5 Å². The van der Waals surface area contributed by atoms with Crippen molar-refractivity contribution in [2.24, 2.45) is 11.8 Å². The van der Waals surface area contributed by atoms with Gasteiger partial charge >= 0.3 is 0 Å². The van der Waals surface area contributed by atoms with E-state index in [1.807, 2.05) is 12.1 Å². The molecular formula is C27H38O2. The minimum atomic E-state index is -0.0324. The van der Waals surface area contributed by atoms with E-state index in [9.17, 15) is 10.2 Å². The van der Waals surface area contributed by atoms with Gasteiger partial charge in [0.15, 0.2) is 0 Å². The highest BCUT2D eigenvalue weighted by atomic mass is 16.3. The largest absolute Gasteiger partial charge is 0.508 e. The third-order valence-corrected chi connectivity index (χ3v) is 6.48. The van der Waals surface area contributed by atoms with Crippen LogP contribution in [0, 0.1) is 11.8 Å². The van der Waals surface area contributed by atoms with Gasteiger partial charge in [-0.05, 0) is 71.9 Å². The molecule has 1 saturated carbocycles. The summed E-state index contributed by atoms with van der Waals surface area (Å²) in [4.78, 5) is 0. The van der Waals surface area contributed by atoms with Crippen LogP contribution in [0.25, 0.3) is 0 Å². The quantitative estimate of drug-likeness (QED) is 0.511. The number of hydrogen-bond donors (Lipinski definition) is 2. The SMILES string of the molecule is CC(C)Cc1cc(C2(c3ccc(O)c(CC(C)C)c3)CCCCCC2)ccc1O. The Morgan fingerprint density at radius 2 is 1.10 bits per heavy atom. The molecule has 0 unspecified atom stereocenters. The van der Waals surface area contributed by atoms with Crippen LogP contribution in [0.15, 0.2) is 36.4 Å². The number of phenolic OH excluding ortho intramolecular Hbond substituents is 2. The summed E-state index contributed by atoms with van der Waals surface area (Å²) in [5, 5.41) is 20.9. The Hall–Kier alpha value is -1.96. The van der Waals surface area contributed by atoms with Gasteiger partial charge < -0.3 is 10.2 Å². The van der Waals surface area contributed by atoms with Gasteiger partial charge in [-0.2, -0.15) is 0 Å². The summed E-state index contributed by atoms with van der Waals surface area (Å²) in [7, 11) is 0. The highest BCUT2D eigenvalue weighted by molar-refractivity contribution is 5.48. The van der Waals surface area contributed by atoms with Gasteiger partial charge in [0.1, 0.15) is 11.5 Å². The molecule has 0 bridgehead atoms. The zero-order valence-electron chi connectivity index (χ0n) is 18.7. The molecule has 0 aliphatic heterocycles. The molecule has 1 aliphatic carbocycles. The highest BCUT2D eigenvalue weighted by Crippen LogP contribution is 2.46. The maximum absolute atomic E-state index is 10.4. The zero-order chi connectivity index (χ0) is 21.0. The summed E-state index contributed by atoms with van der Waals surface area (Å²) < 4.78 is 0. The van der Waals surface area contributed by atoms with Crippen LogP contribution in [0.3, 0.4) is 0 Å². The molecule has 2 N–H and O–H groups in total. The number of aromatic hydroxyl groups is 2. The summed E-state index contributed by atoms with van der Waals surface area (Å²) in [5.74, 6) is 1.84. The second-order valence-corrected chi connectivity index (χ2v) is 9.88. The molecule has 2 nitrogen and oxygen atoms in total. The summed E-state index contributed by atoms with van der Waals surface area (Å²) in [6, 6.07) is 12.6. The fourth-order valence-electron chi connectivity index (χ4n) is 5.05. The van der Waals surface area contributed by atoms with Gasteiger partial charge in [0, 0.05) is 5.41 Å². The molecule has 0 radical (unpaired) electrons. The number of rotatable bonds is 6. The van der Waals surface area contributed by atoms with Gasteiger partial charge in [0.05, 0.1) is 0 Å². The molecule has 29 heavy (non-hydrogen) atoms. The van der Waals surface area contributed by atoms with E-state index in [4.69, 9.17) is 0 Å². The van der Waals surface area contributed by atoms with Crippen molar-refractivity contribution >= 4 is 0 Å². The molecule has 0 saturated heterocycles. The van der Waals surface area contributed by atoms with Gasteiger partial charge in [-0.1, -0.05) is 77.6 Å². The summed E-state index contributed by atoms with van der Waals surface area (Å²) in [6.45, 7) is 8.80. The lowest BCUT2D eigenvalue weighted by molar-refractivity contribution is 0.433. The fraction of sp³-hybridized carbons (Fsp3) is 0.556. The molecule has 0 aromatic heterocycles. The van der Waals surface area contributed by atoms with Crippen molar-refractivity contribution in [3.8, 4) is 11.5 Å². The van der Waals surface area contributed by atoms with Crippen molar-refractivity contribution in [2.75, 3.05) is 0 Å². The third kappa shape index (κ3) is 4.97. The minimum absolute atomic E-state index is 0.0324. The van der Waals surface area contributed by atoms with E-state index < -0.39 is 0 Å². The predicted octanol–water partition coefficient (Wildman–Crippen LogP) is 7.14. The molecule has 1 fully saturated rings. The zero-order valence-corrected chi connectivity index (χ0v) is 18.7. The van der Waals surface area contributed by atoms with Gasteiger partial charge in [0.2, 0.25) is 0 Å². The summed E-state index contributed by atoms with van der Waals surface area (Å²) in [5.41, 5.74) is 4.74. The van der Waals surface area contributed by atoms with Crippen LogP contribution >= 0.6 is 0 Å². The molecule has 2 heteroatoms. The van der Waals surface area contributed by atoms with Crippen LogP contribution in [-0.2, 0) is 18.3 Å². The molecule has 0 atom stereocenters. The average molecular weight is 395 g/mol. The van der Waals surface area contributed by atoms with Gasteiger partial charge in [-0.3, -0.25) is 0 Å². The Morgan fingerprint density at radius 1 is 0.690 bits per heavy atom. The average Bonchev–Trinajstić information content (AvgIpc) is 2.91. The standard InChI is InChI=1S/C27H38O2/c1-19(2)15-21-17-23(9-11-25(21)28)27(13-7-5-6-8-14-27)24-10-12-26(29)22(18-24)16-20(3)4/h9-12,17-20,28-29H,5-8,13-16H2,1-4H3. The van der Waals surface area contributed by atoms with E-state index in [0.717, 1.165) is 36.8 Å². The van der Waals surface area contributed by atoms with E-state index in [2.05, 4.69) is 52.0 Å². The molecule has 2 aromatic carbocycles. The number of benzene rings is 2. The van der Waals surface area contributed by atoms with Gasteiger partial charge in [0.25, 0.3) is 0 Å². The lowest BCUT2D eigenvalue weighted by Crippen LogP contribution is -2.27.